The number of carbonyl (C=O) groups excluding carboxylic acids is 4. The zero-order valence-electron chi connectivity index (χ0n) is 32.9. The number of alkyl carbamates (subject to hydrolysis) is 2. The summed E-state index contributed by atoms with van der Waals surface area (Å²) in [5, 5.41) is 5.39. The fourth-order valence-electron chi connectivity index (χ4n) is 7.64. The van der Waals surface area contributed by atoms with Crippen molar-refractivity contribution in [2.75, 3.05) is 27.3 Å². The highest BCUT2D eigenvalue weighted by molar-refractivity contribution is 7.31. The molecule has 0 unspecified atom stereocenters. The van der Waals surface area contributed by atoms with Gasteiger partial charge < -0.3 is 39.9 Å². The van der Waals surface area contributed by atoms with Gasteiger partial charge in [0.2, 0.25) is 5.91 Å². The Morgan fingerprint density at radius 3 is 2.15 bits per heavy atom. The van der Waals surface area contributed by atoms with E-state index in [0.29, 0.717) is 24.5 Å². The van der Waals surface area contributed by atoms with Gasteiger partial charge in [0.25, 0.3) is 5.91 Å². The molecular weight excluding hydrogens is 789 g/mol. The highest BCUT2D eigenvalue weighted by Crippen LogP contribution is 2.42. The van der Waals surface area contributed by atoms with Gasteiger partial charge in [-0.25, -0.2) is 19.6 Å². The molecule has 2 aliphatic rings. The number of carbonyl (C=O) groups is 4. The maximum atomic E-state index is 13.9. The molecule has 1 fully saturated rings. The number of ether oxygens (including phenoxy) is 2. The van der Waals surface area contributed by atoms with Crippen LogP contribution in [0.2, 0.25) is 0 Å². The molecule has 304 valence electrons. The Labute approximate surface area is 348 Å². The van der Waals surface area contributed by atoms with E-state index in [1.54, 1.807) is 38.7 Å². The third-order valence-corrected chi connectivity index (χ3v) is 13.1. The van der Waals surface area contributed by atoms with Gasteiger partial charge in [0.1, 0.15) is 29.8 Å². The number of rotatable bonds is 11. The van der Waals surface area contributed by atoms with E-state index in [4.69, 9.17) is 14.5 Å². The van der Waals surface area contributed by atoms with E-state index in [9.17, 15) is 19.2 Å². The first-order valence-electron chi connectivity index (χ1n) is 19.4. The topological polar surface area (TPSA) is 175 Å². The summed E-state index contributed by atoms with van der Waals surface area (Å²) >= 11 is 3.41. The molecule has 0 spiro atoms. The van der Waals surface area contributed by atoms with Crippen LogP contribution >= 0.6 is 22.7 Å². The number of H-pyrrole nitrogens is 2. The fourth-order valence-corrected chi connectivity index (χ4v) is 10.0. The summed E-state index contributed by atoms with van der Waals surface area (Å²) in [5.74, 6) is 0.823. The Bertz CT molecular complexity index is 2470. The fraction of sp³-hybridized carbons (Fsp3) is 0.302. The number of hydrogen-bond acceptors (Lipinski definition) is 10. The zero-order chi connectivity index (χ0) is 41.2. The molecule has 8 rings (SSSR count). The van der Waals surface area contributed by atoms with Crippen LogP contribution in [0.4, 0.5) is 9.59 Å². The smallest absolute Gasteiger partial charge is 0.407 e. The predicted octanol–water partition coefficient (Wildman–Crippen LogP) is 7.99. The summed E-state index contributed by atoms with van der Waals surface area (Å²) in [5.41, 5.74) is 4.48. The minimum Gasteiger partial charge on any atom is -0.453 e. The van der Waals surface area contributed by atoms with Crippen LogP contribution in [-0.4, -0.2) is 87.1 Å². The predicted molar refractivity (Wildman–Crippen MR) is 226 cm³/mol. The van der Waals surface area contributed by atoms with Crippen LogP contribution in [0.5, 0.6) is 0 Å². The van der Waals surface area contributed by atoms with Crippen molar-refractivity contribution in [2.24, 2.45) is 5.92 Å². The van der Waals surface area contributed by atoms with Crippen molar-refractivity contribution >= 4 is 56.1 Å². The van der Waals surface area contributed by atoms with E-state index in [2.05, 4.69) is 62.0 Å². The minimum absolute atomic E-state index is 0.132. The molecule has 2 aromatic carbocycles. The average molecular weight is 833 g/mol. The van der Waals surface area contributed by atoms with Gasteiger partial charge in [-0.15, -0.1) is 22.7 Å². The maximum Gasteiger partial charge on any atom is 0.407 e. The third kappa shape index (κ3) is 8.10. The number of methoxy groups -OCH3 is 2. The van der Waals surface area contributed by atoms with Crippen molar-refractivity contribution in [3.05, 3.63) is 108 Å². The Kier molecular flexibility index (Phi) is 11.3. The van der Waals surface area contributed by atoms with E-state index in [1.807, 2.05) is 62.5 Å². The first kappa shape index (κ1) is 39.6. The van der Waals surface area contributed by atoms with Gasteiger partial charge in [0.05, 0.1) is 48.9 Å². The molecule has 6 aromatic rings. The quantitative estimate of drug-likeness (QED) is 0.0951. The molecule has 4 N–H and O–H groups in total. The van der Waals surface area contributed by atoms with Gasteiger partial charge >= 0.3 is 12.2 Å². The second kappa shape index (κ2) is 16.9. The number of hydrogen-bond donors (Lipinski definition) is 4. The Hall–Kier alpha value is -6.26. The SMILES string of the molecule is COC(=O)N[C@H](C(=O)N1CC=C[C@H]1c1ncc(-c2ccc(-c3cc4sc(-c5cnc([C@@H]6CCCN6C(=O)[C@H](NC(=O)OC)c6ccccc6)[nH]5)cc4s3)cc2)[nH]1)C(C)C. The number of amides is 4. The molecule has 16 heteroatoms. The van der Waals surface area contributed by atoms with E-state index >= 15 is 0 Å². The van der Waals surface area contributed by atoms with E-state index in [0.717, 1.165) is 50.9 Å². The van der Waals surface area contributed by atoms with Crippen molar-refractivity contribution in [1.82, 2.24) is 40.4 Å². The first-order valence-corrected chi connectivity index (χ1v) is 21.0. The van der Waals surface area contributed by atoms with Crippen LogP contribution in [0, 0.1) is 5.92 Å². The number of aromatic nitrogens is 4. The number of imidazole rings is 2. The summed E-state index contributed by atoms with van der Waals surface area (Å²) in [7, 11) is 2.56. The van der Waals surface area contributed by atoms with Crippen LogP contribution in [0.3, 0.4) is 0 Å². The summed E-state index contributed by atoms with van der Waals surface area (Å²) in [6.07, 6.45) is 7.76. The van der Waals surface area contributed by atoms with Crippen LogP contribution in [0.15, 0.2) is 91.3 Å². The van der Waals surface area contributed by atoms with Crippen LogP contribution < -0.4 is 10.6 Å². The van der Waals surface area contributed by atoms with E-state index in [-0.39, 0.29) is 29.8 Å². The summed E-state index contributed by atoms with van der Waals surface area (Å²) < 4.78 is 11.9. The van der Waals surface area contributed by atoms with Gasteiger partial charge in [-0.05, 0) is 47.6 Å². The summed E-state index contributed by atoms with van der Waals surface area (Å²) in [6.45, 7) is 4.74. The van der Waals surface area contributed by atoms with Crippen molar-refractivity contribution in [3.8, 4) is 32.3 Å². The number of nitrogens with zero attached hydrogens (tertiary/aromatic N) is 4. The van der Waals surface area contributed by atoms with Crippen molar-refractivity contribution in [3.63, 3.8) is 0 Å². The van der Waals surface area contributed by atoms with Gasteiger partial charge in [0, 0.05) is 27.4 Å². The van der Waals surface area contributed by atoms with Crippen LogP contribution in [0.25, 0.3) is 41.7 Å². The molecule has 0 radical (unpaired) electrons. The normalized spacial score (nSPS) is 17.4. The lowest BCUT2D eigenvalue weighted by Crippen LogP contribution is -2.51. The number of thiophene rings is 2. The van der Waals surface area contributed by atoms with Crippen molar-refractivity contribution in [1.29, 1.82) is 0 Å². The lowest BCUT2D eigenvalue weighted by atomic mass is 10.0. The lowest BCUT2D eigenvalue weighted by Gasteiger charge is -2.29. The van der Waals surface area contributed by atoms with Crippen LogP contribution in [0.1, 0.15) is 62.0 Å². The highest BCUT2D eigenvalue weighted by atomic mass is 32.1. The molecule has 2 aliphatic heterocycles. The summed E-state index contributed by atoms with van der Waals surface area (Å²) in [4.78, 5) is 73.6. The Morgan fingerprint density at radius 2 is 1.42 bits per heavy atom. The molecule has 0 aliphatic carbocycles. The van der Waals surface area contributed by atoms with Gasteiger partial charge in [-0.1, -0.05) is 80.6 Å². The number of fused-ring (bicyclic) bond motifs is 1. The maximum absolute atomic E-state index is 13.9. The average Bonchev–Trinajstić information content (AvgIpc) is 4.10. The largest absolute Gasteiger partial charge is 0.453 e. The zero-order valence-corrected chi connectivity index (χ0v) is 34.6. The molecule has 1 saturated heterocycles. The Morgan fingerprint density at radius 1 is 0.780 bits per heavy atom. The van der Waals surface area contributed by atoms with E-state index in [1.165, 1.54) is 23.6 Å². The van der Waals surface area contributed by atoms with Gasteiger partial charge in [-0.3, -0.25) is 9.59 Å². The molecular formula is C43H44N8O6S2. The highest BCUT2D eigenvalue weighted by Gasteiger charge is 2.38. The number of nitrogens with one attached hydrogen (secondary N) is 4. The molecule has 0 saturated carbocycles. The van der Waals surface area contributed by atoms with Crippen molar-refractivity contribution < 1.29 is 28.7 Å². The number of aromatic amines is 2. The molecule has 4 aromatic heterocycles. The Balaban J connectivity index is 0.938. The monoisotopic (exact) mass is 832 g/mol. The second-order valence-electron chi connectivity index (χ2n) is 14.8. The molecule has 4 amide bonds. The number of likely N-dealkylation sites (tertiary alicyclic amines) is 1. The molecule has 14 nitrogen and oxygen atoms in total. The third-order valence-electron chi connectivity index (χ3n) is 10.7. The minimum atomic E-state index is -0.876. The summed E-state index contributed by atoms with van der Waals surface area (Å²) in [6, 6.07) is 19.7. The van der Waals surface area contributed by atoms with E-state index < -0.39 is 24.3 Å². The second-order valence-corrected chi connectivity index (χ2v) is 16.9. The van der Waals surface area contributed by atoms with Crippen molar-refractivity contribution in [2.45, 2.75) is 50.9 Å². The lowest BCUT2D eigenvalue weighted by molar-refractivity contribution is -0.135. The van der Waals surface area contributed by atoms with Crippen LogP contribution in [-0.2, 0) is 19.1 Å². The molecule has 6 heterocycles. The first-order chi connectivity index (χ1) is 28.6. The van der Waals surface area contributed by atoms with Gasteiger partial charge in [-0.2, -0.15) is 0 Å². The number of benzene rings is 2. The van der Waals surface area contributed by atoms with Gasteiger partial charge in [0.15, 0.2) is 0 Å². The molecule has 4 atom stereocenters. The molecule has 59 heavy (non-hydrogen) atoms. The molecule has 0 bridgehead atoms. The standard InChI is InChI=1S/C43H44N8O6S2/c1-24(2)36(48-42(54)56-3)40(52)50-18-8-12-30(50)38-44-22-28(46-38)25-14-16-26(17-15-25)32-20-34-35(58-32)21-33(59-34)29-23-45-39(47-29)31-13-9-19-51(31)41(53)37(49-43(55)57-4)27-10-6-5-7-11-27/h5-8,10-12,14-17,20-24,30-31,36-37H,9,13,18-19H2,1-4H3,(H,44,46)(H,45,47)(H,48,54)(H,49,55)/t30-,31-,36-,37+/m0/s1.